The Kier molecular flexibility index (Phi) is 4.51. The van der Waals surface area contributed by atoms with E-state index in [1.165, 1.54) is 4.88 Å². The zero-order valence-corrected chi connectivity index (χ0v) is 13.4. The maximum Gasteiger partial charge on any atom is 0.317 e. The van der Waals surface area contributed by atoms with Gasteiger partial charge in [0.15, 0.2) is 0 Å². The van der Waals surface area contributed by atoms with E-state index in [0.717, 1.165) is 10.7 Å². The van der Waals surface area contributed by atoms with Gasteiger partial charge in [0, 0.05) is 30.9 Å². The summed E-state index contributed by atoms with van der Waals surface area (Å²) in [4.78, 5) is 30.4. The van der Waals surface area contributed by atoms with Gasteiger partial charge in [-0.2, -0.15) is 0 Å². The van der Waals surface area contributed by atoms with Gasteiger partial charge in [0.2, 0.25) is 0 Å². The molecule has 0 saturated carbocycles. The standard InChI is InChI=1S/C14H21N3O3S/c1-9-10(2)21-11(16-9)4-6-15-13(20)17-7-5-14(3,8-17)12(18)19/h4-8H2,1-3H3,(H,15,20)(H,18,19). The number of thiazole rings is 1. The van der Waals surface area contributed by atoms with E-state index in [1.807, 2.05) is 13.8 Å². The second kappa shape index (κ2) is 6.01. The molecule has 1 atom stereocenters. The lowest BCUT2D eigenvalue weighted by molar-refractivity contribution is -0.146. The van der Waals surface area contributed by atoms with Gasteiger partial charge in [0.1, 0.15) is 0 Å². The summed E-state index contributed by atoms with van der Waals surface area (Å²) >= 11 is 1.65. The van der Waals surface area contributed by atoms with Crippen molar-refractivity contribution < 1.29 is 14.7 Å². The van der Waals surface area contributed by atoms with Gasteiger partial charge >= 0.3 is 12.0 Å². The summed E-state index contributed by atoms with van der Waals surface area (Å²) in [6.45, 7) is 6.97. The average Bonchev–Trinajstić information content (AvgIpc) is 2.95. The quantitative estimate of drug-likeness (QED) is 0.888. The van der Waals surface area contributed by atoms with Crippen LogP contribution in [0.4, 0.5) is 4.79 Å². The second-order valence-electron chi connectivity index (χ2n) is 5.77. The van der Waals surface area contributed by atoms with E-state index in [-0.39, 0.29) is 12.6 Å². The number of aliphatic carboxylic acids is 1. The fourth-order valence-electron chi connectivity index (χ4n) is 2.34. The summed E-state index contributed by atoms with van der Waals surface area (Å²) in [5.41, 5.74) is 0.221. The van der Waals surface area contributed by atoms with Crippen LogP contribution in [0, 0.1) is 19.3 Å². The van der Waals surface area contributed by atoms with Gasteiger partial charge in [-0.15, -0.1) is 11.3 Å². The van der Waals surface area contributed by atoms with Crippen molar-refractivity contribution in [2.75, 3.05) is 19.6 Å². The van der Waals surface area contributed by atoms with Crippen molar-refractivity contribution in [3.63, 3.8) is 0 Å². The minimum atomic E-state index is -0.841. The van der Waals surface area contributed by atoms with E-state index in [1.54, 1.807) is 23.2 Å². The molecule has 0 bridgehead atoms. The summed E-state index contributed by atoms with van der Waals surface area (Å²) in [5.74, 6) is -0.841. The van der Waals surface area contributed by atoms with E-state index in [9.17, 15) is 9.59 Å². The topological polar surface area (TPSA) is 82.5 Å². The van der Waals surface area contributed by atoms with E-state index in [0.29, 0.717) is 25.9 Å². The fourth-order valence-corrected chi connectivity index (χ4v) is 3.28. The number of carboxylic acid groups (broad SMARTS) is 1. The van der Waals surface area contributed by atoms with Gasteiger partial charge in [-0.25, -0.2) is 9.78 Å². The lowest BCUT2D eigenvalue weighted by atomic mass is 9.90. The molecule has 0 aromatic carbocycles. The molecular weight excluding hydrogens is 290 g/mol. The van der Waals surface area contributed by atoms with Crippen LogP contribution in [0.5, 0.6) is 0 Å². The van der Waals surface area contributed by atoms with Gasteiger partial charge in [-0.3, -0.25) is 4.79 Å². The van der Waals surface area contributed by atoms with Crippen LogP contribution in [0.3, 0.4) is 0 Å². The zero-order valence-electron chi connectivity index (χ0n) is 12.6. The number of rotatable bonds is 4. The number of aromatic nitrogens is 1. The third-order valence-electron chi connectivity index (χ3n) is 3.96. The average molecular weight is 311 g/mol. The Morgan fingerprint density at radius 1 is 1.48 bits per heavy atom. The first-order valence-corrected chi connectivity index (χ1v) is 7.82. The van der Waals surface area contributed by atoms with Crippen LogP contribution in [0.2, 0.25) is 0 Å². The molecule has 1 unspecified atom stereocenters. The van der Waals surface area contributed by atoms with E-state index >= 15 is 0 Å². The predicted octanol–water partition coefficient (Wildman–Crippen LogP) is 1.81. The Morgan fingerprint density at radius 3 is 2.71 bits per heavy atom. The first kappa shape index (κ1) is 15.8. The second-order valence-corrected chi connectivity index (χ2v) is 7.06. The summed E-state index contributed by atoms with van der Waals surface area (Å²) in [5, 5.41) is 13.0. The highest BCUT2D eigenvalue weighted by Crippen LogP contribution is 2.29. The number of likely N-dealkylation sites (tertiary alicyclic amines) is 1. The van der Waals surface area contributed by atoms with Crippen LogP contribution in [-0.4, -0.2) is 46.6 Å². The molecule has 1 aliphatic heterocycles. The van der Waals surface area contributed by atoms with Crippen LogP contribution < -0.4 is 5.32 Å². The number of nitrogens with one attached hydrogen (secondary N) is 1. The Bertz CT molecular complexity index is 538. The molecule has 2 amide bonds. The maximum absolute atomic E-state index is 12.0. The van der Waals surface area contributed by atoms with E-state index in [2.05, 4.69) is 10.3 Å². The number of carbonyl (C=O) groups is 2. The Morgan fingerprint density at radius 2 is 2.19 bits per heavy atom. The molecular formula is C14H21N3O3S. The SMILES string of the molecule is Cc1nc(CCNC(=O)N2CCC(C)(C(=O)O)C2)sc1C. The van der Waals surface area contributed by atoms with Crippen molar-refractivity contribution in [3.8, 4) is 0 Å². The van der Waals surface area contributed by atoms with Gasteiger partial charge in [0.25, 0.3) is 0 Å². The summed E-state index contributed by atoms with van der Waals surface area (Å²) in [7, 11) is 0. The van der Waals surface area contributed by atoms with Crippen molar-refractivity contribution in [2.24, 2.45) is 5.41 Å². The van der Waals surface area contributed by atoms with Gasteiger partial charge in [0.05, 0.1) is 16.1 Å². The van der Waals surface area contributed by atoms with Gasteiger partial charge < -0.3 is 15.3 Å². The molecule has 0 aliphatic carbocycles. The monoisotopic (exact) mass is 311 g/mol. The number of nitrogens with zero attached hydrogens (tertiary/aromatic N) is 2. The highest BCUT2D eigenvalue weighted by atomic mass is 32.1. The molecule has 1 saturated heterocycles. The fraction of sp³-hybridized carbons (Fsp3) is 0.643. The molecule has 1 aliphatic rings. The molecule has 1 aromatic heterocycles. The van der Waals surface area contributed by atoms with Crippen molar-refractivity contribution in [1.29, 1.82) is 0 Å². The molecule has 2 N–H and O–H groups in total. The third kappa shape index (κ3) is 3.53. The summed E-state index contributed by atoms with van der Waals surface area (Å²) < 4.78 is 0. The number of amides is 2. The number of hydrogen-bond acceptors (Lipinski definition) is 4. The Labute approximate surface area is 128 Å². The van der Waals surface area contributed by atoms with Crippen LogP contribution in [-0.2, 0) is 11.2 Å². The lowest BCUT2D eigenvalue weighted by Gasteiger charge is -2.20. The van der Waals surface area contributed by atoms with Crippen LogP contribution in [0.15, 0.2) is 0 Å². The van der Waals surface area contributed by atoms with Crippen molar-refractivity contribution >= 4 is 23.3 Å². The maximum atomic E-state index is 12.0. The number of aryl methyl sites for hydroxylation is 2. The molecule has 1 fully saturated rings. The predicted molar refractivity (Wildman–Crippen MR) is 80.6 cm³/mol. The van der Waals surface area contributed by atoms with Crippen molar-refractivity contribution in [3.05, 3.63) is 15.6 Å². The molecule has 1 aromatic rings. The highest BCUT2D eigenvalue weighted by molar-refractivity contribution is 7.11. The Hall–Kier alpha value is -1.63. The molecule has 21 heavy (non-hydrogen) atoms. The first-order valence-electron chi connectivity index (χ1n) is 7.01. The first-order chi connectivity index (χ1) is 9.82. The van der Waals surface area contributed by atoms with E-state index < -0.39 is 11.4 Å². The molecule has 2 heterocycles. The molecule has 6 nitrogen and oxygen atoms in total. The third-order valence-corrected chi connectivity index (χ3v) is 5.10. The molecule has 2 rings (SSSR count). The smallest absolute Gasteiger partial charge is 0.317 e. The number of hydrogen-bond donors (Lipinski definition) is 2. The zero-order chi connectivity index (χ0) is 15.6. The minimum Gasteiger partial charge on any atom is -0.481 e. The van der Waals surface area contributed by atoms with Crippen molar-refractivity contribution in [2.45, 2.75) is 33.6 Å². The largest absolute Gasteiger partial charge is 0.481 e. The normalized spacial score (nSPS) is 21.6. The minimum absolute atomic E-state index is 0.190. The molecule has 116 valence electrons. The highest BCUT2D eigenvalue weighted by Gasteiger charge is 2.42. The van der Waals surface area contributed by atoms with Crippen LogP contribution >= 0.6 is 11.3 Å². The lowest BCUT2D eigenvalue weighted by Crippen LogP contribution is -2.41. The van der Waals surface area contributed by atoms with Crippen LogP contribution in [0.1, 0.15) is 28.9 Å². The number of urea groups is 1. The molecule has 7 heteroatoms. The van der Waals surface area contributed by atoms with Gasteiger partial charge in [-0.05, 0) is 27.2 Å². The van der Waals surface area contributed by atoms with Crippen LogP contribution in [0.25, 0.3) is 0 Å². The summed E-state index contributed by atoms with van der Waals surface area (Å²) in [6.07, 6.45) is 1.20. The molecule has 0 radical (unpaired) electrons. The Balaban J connectivity index is 1.79. The number of carbonyl (C=O) groups excluding carboxylic acids is 1. The summed E-state index contributed by atoms with van der Waals surface area (Å²) in [6, 6.07) is -0.190. The van der Waals surface area contributed by atoms with Gasteiger partial charge in [-0.1, -0.05) is 0 Å². The van der Waals surface area contributed by atoms with Crippen molar-refractivity contribution in [1.82, 2.24) is 15.2 Å². The molecule has 0 spiro atoms. The number of carboxylic acids is 1. The van der Waals surface area contributed by atoms with E-state index in [4.69, 9.17) is 5.11 Å².